The van der Waals surface area contributed by atoms with E-state index in [1.165, 1.54) is 0 Å². The maximum absolute atomic E-state index is 11.5. The maximum atomic E-state index is 11.5. The van der Waals surface area contributed by atoms with Gasteiger partial charge in [-0.15, -0.1) is 0 Å². The van der Waals surface area contributed by atoms with E-state index < -0.39 is 11.4 Å². The zero-order valence-corrected chi connectivity index (χ0v) is 19.7. The first-order valence-corrected chi connectivity index (χ1v) is 11.3. The van der Waals surface area contributed by atoms with Crippen LogP contribution in [-0.4, -0.2) is 34.0 Å². The molecule has 7 heteroatoms. The average molecular weight is 465 g/mol. The Balaban J connectivity index is 1.92. The van der Waals surface area contributed by atoms with Gasteiger partial charge in [0.15, 0.2) is 0 Å². The molecule has 3 heterocycles. The number of carbonyl (C=O) groups is 1. The zero-order chi connectivity index (χ0) is 24.7. The van der Waals surface area contributed by atoms with E-state index in [1.54, 1.807) is 25.4 Å². The first kappa shape index (κ1) is 22.4. The van der Waals surface area contributed by atoms with Gasteiger partial charge in [-0.2, -0.15) is 5.26 Å². The van der Waals surface area contributed by atoms with Crippen molar-refractivity contribution in [3.05, 3.63) is 77.1 Å². The molecule has 0 unspecified atom stereocenters. The average Bonchev–Trinajstić information content (AvgIpc) is 3.44. The van der Waals surface area contributed by atoms with E-state index in [2.05, 4.69) is 46.6 Å². The summed E-state index contributed by atoms with van der Waals surface area (Å²) in [6, 6.07) is 17.4. The fourth-order valence-corrected chi connectivity index (χ4v) is 4.81. The van der Waals surface area contributed by atoms with Gasteiger partial charge in [-0.05, 0) is 47.0 Å². The van der Waals surface area contributed by atoms with Crippen LogP contribution in [0.1, 0.15) is 47.4 Å². The van der Waals surface area contributed by atoms with Crippen LogP contribution < -0.4 is 4.74 Å². The number of nitrogens with zero attached hydrogens (tertiary/aromatic N) is 4. The summed E-state index contributed by atoms with van der Waals surface area (Å²) in [4.78, 5) is 20.2. The second-order valence-electron chi connectivity index (χ2n) is 9.25. The predicted octanol–water partition coefficient (Wildman–Crippen LogP) is 5.52. The van der Waals surface area contributed by atoms with Gasteiger partial charge in [0.25, 0.3) is 0 Å². The van der Waals surface area contributed by atoms with Crippen LogP contribution in [0.5, 0.6) is 5.88 Å². The molecule has 1 aliphatic rings. The van der Waals surface area contributed by atoms with Gasteiger partial charge in [0.1, 0.15) is 0 Å². The summed E-state index contributed by atoms with van der Waals surface area (Å²) in [6.45, 7) is 4.74. The summed E-state index contributed by atoms with van der Waals surface area (Å²) in [5, 5.41) is 20.1. The monoisotopic (exact) mass is 464 g/mol. The highest BCUT2D eigenvalue weighted by Crippen LogP contribution is 2.45. The van der Waals surface area contributed by atoms with Crippen LogP contribution >= 0.6 is 0 Å². The summed E-state index contributed by atoms with van der Waals surface area (Å²) in [7, 11) is 1.58. The Labute approximate surface area is 203 Å². The van der Waals surface area contributed by atoms with Gasteiger partial charge in [0.05, 0.1) is 36.5 Å². The molecule has 174 valence electrons. The van der Waals surface area contributed by atoms with E-state index in [0.717, 1.165) is 44.5 Å². The van der Waals surface area contributed by atoms with Gasteiger partial charge in [-0.1, -0.05) is 26.0 Å². The standard InChI is InChI=1S/C28H24N4O3/c1-28(2,9-10-29)26-25(17-4-6-18(7-5-17)27(33)34)22-12-19-15-30-16-20(19)13-23(22)32(26)21-8-11-31-24(14-21)35-3/h4-8,11-14,16H,9,15H2,1-3H3,(H,33,34). The molecule has 0 aliphatic carbocycles. The number of aliphatic imine (C=N–C) groups is 1. The molecule has 0 saturated heterocycles. The van der Waals surface area contributed by atoms with Crippen molar-refractivity contribution >= 4 is 23.1 Å². The van der Waals surface area contributed by atoms with Gasteiger partial charge >= 0.3 is 5.97 Å². The quantitative estimate of drug-likeness (QED) is 0.405. The predicted molar refractivity (Wildman–Crippen MR) is 135 cm³/mol. The first-order valence-electron chi connectivity index (χ1n) is 11.3. The second-order valence-corrected chi connectivity index (χ2v) is 9.25. The summed E-state index contributed by atoms with van der Waals surface area (Å²) >= 11 is 0. The number of hydrogen-bond donors (Lipinski definition) is 1. The lowest BCUT2D eigenvalue weighted by molar-refractivity contribution is 0.0697. The molecule has 2 aromatic heterocycles. The van der Waals surface area contributed by atoms with Crippen molar-refractivity contribution in [1.29, 1.82) is 5.26 Å². The number of fused-ring (bicyclic) bond motifs is 2. The molecule has 0 atom stereocenters. The summed E-state index contributed by atoms with van der Waals surface area (Å²) < 4.78 is 7.58. The van der Waals surface area contributed by atoms with Gasteiger partial charge in [0.2, 0.25) is 5.88 Å². The number of ether oxygens (including phenoxy) is 1. The van der Waals surface area contributed by atoms with Crippen molar-refractivity contribution in [2.45, 2.75) is 32.2 Å². The van der Waals surface area contributed by atoms with E-state index in [-0.39, 0.29) is 5.56 Å². The fraction of sp³-hybridized carbons (Fsp3) is 0.214. The number of methoxy groups -OCH3 is 1. The van der Waals surface area contributed by atoms with Crippen LogP contribution in [0.3, 0.4) is 0 Å². The van der Waals surface area contributed by atoms with Crippen molar-refractivity contribution in [1.82, 2.24) is 9.55 Å². The number of rotatable bonds is 6. The van der Waals surface area contributed by atoms with Crippen molar-refractivity contribution in [3.63, 3.8) is 0 Å². The van der Waals surface area contributed by atoms with E-state index in [0.29, 0.717) is 18.8 Å². The SMILES string of the molecule is COc1cc(-n2c(C(C)(C)CC#N)c(-c3ccc(C(=O)O)cc3)c3cc4c(cc32)C=NC4)ccn1. The molecule has 0 amide bonds. The minimum Gasteiger partial charge on any atom is -0.481 e. The largest absolute Gasteiger partial charge is 0.481 e. The van der Waals surface area contributed by atoms with Crippen molar-refractivity contribution in [2.75, 3.05) is 7.11 Å². The Morgan fingerprint density at radius 3 is 2.66 bits per heavy atom. The Hall–Kier alpha value is -4.44. The number of hydrogen-bond acceptors (Lipinski definition) is 5. The van der Waals surface area contributed by atoms with Crippen LogP contribution in [0.2, 0.25) is 0 Å². The number of benzene rings is 2. The first-order chi connectivity index (χ1) is 16.8. The highest BCUT2D eigenvalue weighted by atomic mass is 16.5. The lowest BCUT2D eigenvalue weighted by Crippen LogP contribution is -2.22. The van der Waals surface area contributed by atoms with E-state index in [1.807, 2.05) is 30.5 Å². The molecule has 0 bridgehead atoms. The number of carboxylic acids is 1. The van der Waals surface area contributed by atoms with Gasteiger partial charge in [-0.3, -0.25) is 4.99 Å². The number of carboxylic acid groups (broad SMARTS) is 1. The molecular formula is C28H24N4O3. The number of aromatic carboxylic acids is 1. The van der Waals surface area contributed by atoms with Crippen LogP contribution in [0, 0.1) is 11.3 Å². The van der Waals surface area contributed by atoms with Crippen molar-refractivity contribution in [2.24, 2.45) is 4.99 Å². The van der Waals surface area contributed by atoms with E-state index in [9.17, 15) is 15.2 Å². The maximum Gasteiger partial charge on any atom is 0.335 e. The Morgan fingerprint density at radius 1 is 1.20 bits per heavy atom. The second kappa shape index (κ2) is 8.41. The summed E-state index contributed by atoms with van der Waals surface area (Å²) in [6.07, 6.45) is 3.89. The lowest BCUT2D eigenvalue weighted by atomic mass is 9.81. The molecule has 4 aromatic rings. The molecule has 0 spiro atoms. The van der Waals surface area contributed by atoms with Crippen molar-refractivity contribution in [3.8, 4) is 28.8 Å². The molecule has 2 aromatic carbocycles. The van der Waals surface area contributed by atoms with E-state index in [4.69, 9.17) is 4.74 Å². The third-order valence-electron chi connectivity index (χ3n) is 6.49. The highest BCUT2D eigenvalue weighted by molar-refractivity contribution is 6.03. The third-order valence-corrected chi connectivity index (χ3v) is 6.49. The lowest BCUT2D eigenvalue weighted by Gasteiger charge is -2.26. The summed E-state index contributed by atoms with van der Waals surface area (Å²) in [5.74, 6) is -0.480. The molecule has 0 saturated carbocycles. The van der Waals surface area contributed by atoms with Crippen LogP contribution in [-0.2, 0) is 12.0 Å². The minimum atomic E-state index is -0.970. The molecule has 35 heavy (non-hydrogen) atoms. The molecule has 1 aliphatic heterocycles. The minimum absolute atomic E-state index is 0.225. The number of pyridine rings is 1. The van der Waals surface area contributed by atoms with Crippen LogP contribution in [0.4, 0.5) is 0 Å². The molecule has 5 rings (SSSR count). The van der Waals surface area contributed by atoms with Gasteiger partial charge < -0.3 is 14.4 Å². The molecule has 1 N–H and O–H groups in total. The Kier molecular flexibility index (Phi) is 5.37. The normalized spacial score (nSPS) is 12.5. The Bertz CT molecular complexity index is 1540. The smallest absolute Gasteiger partial charge is 0.335 e. The summed E-state index contributed by atoms with van der Waals surface area (Å²) in [5.41, 5.74) is 6.57. The van der Waals surface area contributed by atoms with Crippen LogP contribution in [0.15, 0.2) is 59.7 Å². The number of nitriles is 1. The fourth-order valence-electron chi connectivity index (χ4n) is 4.81. The highest BCUT2D eigenvalue weighted by Gasteiger charge is 2.32. The molecule has 0 fully saturated rings. The molecule has 0 radical (unpaired) electrons. The molecule has 7 nitrogen and oxygen atoms in total. The van der Waals surface area contributed by atoms with Crippen LogP contribution in [0.25, 0.3) is 27.7 Å². The topological polar surface area (TPSA) is 100 Å². The van der Waals surface area contributed by atoms with E-state index >= 15 is 0 Å². The zero-order valence-electron chi connectivity index (χ0n) is 19.7. The van der Waals surface area contributed by atoms with Gasteiger partial charge in [-0.25, -0.2) is 9.78 Å². The third kappa shape index (κ3) is 3.73. The Morgan fingerprint density at radius 2 is 1.97 bits per heavy atom. The van der Waals surface area contributed by atoms with Crippen molar-refractivity contribution < 1.29 is 14.6 Å². The van der Waals surface area contributed by atoms with Gasteiger partial charge in [0, 0.05) is 47.0 Å². The molecular weight excluding hydrogens is 440 g/mol. The number of aromatic nitrogens is 2.